The van der Waals surface area contributed by atoms with Crippen LogP contribution in [-0.2, 0) is 0 Å². The van der Waals surface area contributed by atoms with Crippen LogP contribution in [0.3, 0.4) is 0 Å². The summed E-state index contributed by atoms with van der Waals surface area (Å²) in [5.74, 6) is -0.349. The molecule has 0 aliphatic heterocycles. The van der Waals surface area contributed by atoms with Crippen molar-refractivity contribution in [2.75, 3.05) is 0 Å². The maximum Gasteiger partial charge on any atom is 0.226 e. The highest BCUT2D eigenvalue weighted by Gasteiger charge is 2.17. The molecule has 2 aromatic carbocycles. The maximum atomic E-state index is 13.9. The Morgan fingerprint density at radius 2 is 1.76 bits per heavy atom. The molecular weight excluding hydrogens is 380 g/mol. The van der Waals surface area contributed by atoms with E-state index >= 15 is 0 Å². The first kappa shape index (κ1) is 14.5. The number of aromatic nitrogens is 3. The molecule has 3 aromatic rings. The zero-order valence-electron chi connectivity index (χ0n) is 10.4. The van der Waals surface area contributed by atoms with Crippen LogP contribution >= 0.6 is 39.1 Å². The van der Waals surface area contributed by atoms with E-state index in [-0.39, 0.29) is 21.7 Å². The largest absolute Gasteiger partial charge is 0.226 e. The second-order valence-corrected chi connectivity index (χ2v) is 5.85. The molecule has 21 heavy (non-hydrogen) atoms. The SMILES string of the molecule is Fc1cccc(Cl)c1-c1nc(Cl)n(-c2ccc(Br)cc2)n1. The zero-order valence-corrected chi connectivity index (χ0v) is 13.5. The van der Waals surface area contributed by atoms with Crippen LogP contribution in [0.5, 0.6) is 0 Å². The van der Waals surface area contributed by atoms with Crippen LogP contribution < -0.4 is 0 Å². The van der Waals surface area contributed by atoms with Crippen molar-refractivity contribution in [3.63, 3.8) is 0 Å². The molecule has 0 N–H and O–H groups in total. The molecule has 0 atom stereocenters. The fourth-order valence-corrected chi connectivity index (χ4v) is 2.58. The molecule has 7 heteroatoms. The molecule has 3 nitrogen and oxygen atoms in total. The van der Waals surface area contributed by atoms with Crippen molar-refractivity contribution < 1.29 is 4.39 Å². The number of rotatable bonds is 2. The van der Waals surface area contributed by atoms with Crippen LogP contribution in [0.15, 0.2) is 46.9 Å². The molecule has 1 aromatic heterocycles. The Balaban J connectivity index is 2.12. The average molecular weight is 387 g/mol. The second-order valence-electron chi connectivity index (χ2n) is 4.19. The zero-order chi connectivity index (χ0) is 15.0. The van der Waals surface area contributed by atoms with Crippen molar-refractivity contribution >= 4 is 39.1 Å². The Bertz CT molecular complexity index is 782. The summed E-state index contributed by atoms with van der Waals surface area (Å²) in [6, 6.07) is 11.7. The quantitative estimate of drug-likeness (QED) is 0.610. The van der Waals surface area contributed by atoms with Crippen molar-refractivity contribution in [2.45, 2.75) is 0 Å². The standard InChI is InChI=1S/C14H7BrCl2FN3/c15-8-4-6-9(7-5-8)21-14(17)19-13(20-21)12-10(16)2-1-3-11(12)18/h1-7H. The molecule has 0 aliphatic carbocycles. The Kier molecular flexibility index (Phi) is 3.97. The van der Waals surface area contributed by atoms with E-state index in [0.29, 0.717) is 0 Å². The van der Waals surface area contributed by atoms with Crippen LogP contribution in [0.1, 0.15) is 0 Å². The monoisotopic (exact) mass is 385 g/mol. The van der Waals surface area contributed by atoms with Crippen LogP contribution in [-0.4, -0.2) is 14.8 Å². The number of benzene rings is 2. The molecule has 0 radical (unpaired) electrons. The molecule has 0 saturated carbocycles. The van der Waals surface area contributed by atoms with Gasteiger partial charge in [0, 0.05) is 4.47 Å². The molecule has 106 valence electrons. The normalized spacial score (nSPS) is 10.9. The number of hydrogen-bond donors (Lipinski definition) is 0. The van der Waals surface area contributed by atoms with Gasteiger partial charge in [-0.05, 0) is 48.0 Å². The summed E-state index contributed by atoms with van der Waals surface area (Å²) < 4.78 is 16.3. The summed E-state index contributed by atoms with van der Waals surface area (Å²) in [5.41, 5.74) is 0.853. The van der Waals surface area contributed by atoms with Crippen molar-refractivity contribution in [1.29, 1.82) is 0 Å². The van der Waals surface area contributed by atoms with Gasteiger partial charge in [0.05, 0.1) is 16.3 Å². The summed E-state index contributed by atoms with van der Waals surface area (Å²) >= 11 is 15.5. The lowest BCUT2D eigenvalue weighted by molar-refractivity contribution is 0.630. The van der Waals surface area contributed by atoms with Crippen molar-refractivity contribution in [3.05, 3.63) is 63.1 Å². The minimum Gasteiger partial charge on any atom is -0.206 e. The topological polar surface area (TPSA) is 30.7 Å². The minimum atomic E-state index is -0.493. The van der Waals surface area contributed by atoms with E-state index in [1.54, 1.807) is 6.07 Å². The fourth-order valence-electron chi connectivity index (χ4n) is 1.86. The van der Waals surface area contributed by atoms with Crippen LogP contribution in [0.4, 0.5) is 4.39 Å². The molecule has 0 spiro atoms. The minimum absolute atomic E-state index is 0.131. The van der Waals surface area contributed by atoms with Gasteiger partial charge in [-0.25, -0.2) is 9.07 Å². The lowest BCUT2D eigenvalue weighted by atomic mass is 10.2. The van der Waals surface area contributed by atoms with E-state index in [1.807, 2.05) is 24.3 Å². The van der Waals surface area contributed by atoms with E-state index in [9.17, 15) is 4.39 Å². The number of halogens is 4. The first-order chi connectivity index (χ1) is 10.1. The van der Waals surface area contributed by atoms with Gasteiger partial charge < -0.3 is 0 Å². The van der Waals surface area contributed by atoms with E-state index in [2.05, 4.69) is 26.0 Å². The molecule has 0 amide bonds. The molecule has 1 heterocycles. The van der Waals surface area contributed by atoms with Crippen molar-refractivity contribution in [1.82, 2.24) is 14.8 Å². The fraction of sp³-hybridized carbons (Fsp3) is 0. The number of hydrogen-bond acceptors (Lipinski definition) is 2. The molecule has 0 saturated heterocycles. The lowest BCUT2D eigenvalue weighted by Gasteiger charge is -2.02. The molecule has 0 unspecified atom stereocenters. The first-order valence-corrected chi connectivity index (χ1v) is 7.44. The molecule has 0 aliphatic rings. The van der Waals surface area contributed by atoms with E-state index in [1.165, 1.54) is 16.8 Å². The van der Waals surface area contributed by atoms with Crippen LogP contribution in [0.25, 0.3) is 17.1 Å². The first-order valence-electron chi connectivity index (χ1n) is 5.89. The Labute approximate surface area is 138 Å². The third-order valence-electron chi connectivity index (χ3n) is 2.83. The highest BCUT2D eigenvalue weighted by Crippen LogP contribution is 2.30. The van der Waals surface area contributed by atoms with Gasteiger partial charge >= 0.3 is 0 Å². The van der Waals surface area contributed by atoms with Gasteiger partial charge in [0.15, 0.2) is 5.82 Å². The second kappa shape index (κ2) is 5.75. The summed E-state index contributed by atoms with van der Waals surface area (Å²) in [6.45, 7) is 0. The van der Waals surface area contributed by atoms with Gasteiger partial charge in [0.2, 0.25) is 5.28 Å². The predicted molar refractivity (Wildman–Crippen MR) is 84.5 cm³/mol. The highest BCUT2D eigenvalue weighted by molar-refractivity contribution is 9.10. The molecule has 3 rings (SSSR count). The number of nitrogens with zero attached hydrogens (tertiary/aromatic N) is 3. The Morgan fingerprint density at radius 1 is 1.05 bits per heavy atom. The third-order valence-corrected chi connectivity index (χ3v) is 3.91. The van der Waals surface area contributed by atoms with E-state index < -0.39 is 5.82 Å². The van der Waals surface area contributed by atoms with Crippen molar-refractivity contribution in [2.24, 2.45) is 0 Å². The lowest BCUT2D eigenvalue weighted by Crippen LogP contribution is -1.96. The summed E-state index contributed by atoms with van der Waals surface area (Å²) in [6.07, 6.45) is 0. The smallest absolute Gasteiger partial charge is 0.206 e. The van der Waals surface area contributed by atoms with Crippen LogP contribution in [0.2, 0.25) is 10.3 Å². The summed E-state index contributed by atoms with van der Waals surface area (Å²) in [4.78, 5) is 4.08. The maximum absolute atomic E-state index is 13.9. The van der Waals surface area contributed by atoms with Gasteiger partial charge in [0.1, 0.15) is 5.82 Å². The summed E-state index contributed by atoms with van der Waals surface area (Å²) in [5, 5.41) is 4.60. The van der Waals surface area contributed by atoms with Crippen molar-refractivity contribution in [3.8, 4) is 17.1 Å². The van der Waals surface area contributed by atoms with Gasteiger partial charge in [-0.15, -0.1) is 5.10 Å². The highest BCUT2D eigenvalue weighted by atomic mass is 79.9. The predicted octanol–water partition coefficient (Wildman–Crippen LogP) is 5.14. The van der Waals surface area contributed by atoms with Crippen LogP contribution in [0, 0.1) is 5.82 Å². The summed E-state index contributed by atoms with van der Waals surface area (Å²) in [7, 11) is 0. The molecule has 0 bridgehead atoms. The average Bonchev–Trinajstić information content (AvgIpc) is 2.81. The Hall–Kier alpha value is -1.43. The van der Waals surface area contributed by atoms with Gasteiger partial charge in [-0.1, -0.05) is 33.6 Å². The van der Waals surface area contributed by atoms with E-state index in [4.69, 9.17) is 23.2 Å². The molecule has 0 fully saturated rings. The van der Waals surface area contributed by atoms with Gasteiger partial charge in [-0.2, -0.15) is 4.98 Å². The third kappa shape index (κ3) is 2.81. The molecular formula is C14H7BrCl2FN3. The Morgan fingerprint density at radius 3 is 2.43 bits per heavy atom. The van der Waals surface area contributed by atoms with E-state index in [0.717, 1.165) is 10.2 Å². The van der Waals surface area contributed by atoms with Gasteiger partial charge in [-0.3, -0.25) is 0 Å². The van der Waals surface area contributed by atoms with Gasteiger partial charge in [0.25, 0.3) is 0 Å².